The van der Waals surface area contributed by atoms with Crippen LogP contribution in [0, 0.1) is 6.92 Å². The number of hydrogen-bond acceptors (Lipinski definition) is 4. The predicted octanol–water partition coefficient (Wildman–Crippen LogP) is 5.08. The van der Waals surface area contributed by atoms with E-state index in [0.29, 0.717) is 10.2 Å². The van der Waals surface area contributed by atoms with Gasteiger partial charge in [-0.25, -0.2) is 4.68 Å². The number of hydrogen-bond donors (Lipinski definition) is 0. The van der Waals surface area contributed by atoms with Crippen molar-refractivity contribution in [1.29, 1.82) is 0 Å². The van der Waals surface area contributed by atoms with Crippen LogP contribution in [0.1, 0.15) is 17.0 Å². The van der Waals surface area contributed by atoms with Crippen molar-refractivity contribution in [3.05, 3.63) is 47.3 Å². The van der Waals surface area contributed by atoms with Gasteiger partial charge in [-0.1, -0.05) is 0 Å². The van der Waals surface area contributed by atoms with Gasteiger partial charge in [0, 0.05) is 32.3 Å². The van der Waals surface area contributed by atoms with Crippen molar-refractivity contribution in [3.63, 3.8) is 0 Å². The summed E-state index contributed by atoms with van der Waals surface area (Å²) < 4.78 is 89.3. The molecule has 0 aliphatic carbocycles. The van der Waals surface area contributed by atoms with Crippen LogP contribution in [0.5, 0.6) is 23.3 Å². The van der Waals surface area contributed by atoms with E-state index < -0.39 is 23.7 Å². The van der Waals surface area contributed by atoms with E-state index >= 15 is 0 Å². The van der Waals surface area contributed by atoms with Crippen LogP contribution in [0.3, 0.4) is 0 Å². The molecule has 6 nitrogen and oxygen atoms in total. The number of ether oxygens (including phenoxy) is 2. The Hall–Kier alpha value is -3.18. The quantitative estimate of drug-likeness (QED) is 0.552. The molecule has 0 N–H and O–H groups in total. The summed E-state index contributed by atoms with van der Waals surface area (Å²) in [5.74, 6) is -0.254. The zero-order chi connectivity index (χ0) is 21.6. The Morgan fingerprint density at radius 1 is 0.759 bits per heavy atom. The first-order chi connectivity index (χ1) is 13.3. The molecule has 0 aliphatic rings. The Bertz CT molecular complexity index is 1040. The molecule has 29 heavy (non-hydrogen) atoms. The average Bonchev–Trinajstić information content (AvgIpc) is 3.09. The molecule has 0 unspecified atom stereocenters. The molecule has 0 saturated carbocycles. The molecule has 12 heteroatoms. The maximum atomic E-state index is 12.9. The second-order valence-electron chi connectivity index (χ2n) is 6.16. The van der Waals surface area contributed by atoms with E-state index in [2.05, 4.69) is 10.2 Å². The number of aryl methyl sites for hydroxylation is 3. The molecule has 3 rings (SSSR count). The lowest BCUT2D eigenvalue weighted by atomic mass is 10.2. The third-order valence-corrected chi connectivity index (χ3v) is 3.74. The fraction of sp³-hybridized carbons (Fsp3) is 0.294. The molecule has 0 saturated heterocycles. The Labute approximate surface area is 160 Å². The van der Waals surface area contributed by atoms with Gasteiger partial charge in [0.2, 0.25) is 11.8 Å². The molecule has 2 aromatic heterocycles. The van der Waals surface area contributed by atoms with Crippen LogP contribution in [-0.2, 0) is 26.4 Å². The van der Waals surface area contributed by atoms with Crippen molar-refractivity contribution < 1.29 is 35.8 Å². The van der Waals surface area contributed by atoms with Crippen LogP contribution in [0.2, 0.25) is 0 Å². The highest BCUT2D eigenvalue weighted by molar-refractivity contribution is 5.41. The van der Waals surface area contributed by atoms with Crippen LogP contribution < -0.4 is 9.47 Å². The zero-order valence-electron chi connectivity index (χ0n) is 15.3. The molecule has 0 spiro atoms. The largest absolute Gasteiger partial charge is 0.439 e. The maximum absolute atomic E-state index is 12.9. The molecule has 3 aromatic rings. The van der Waals surface area contributed by atoms with Gasteiger partial charge >= 0.3 is 12.4 Å². The van der Waals surface area contributed by atoms with Crippen molar-refractivity contribution >= 4 is 0 Å². The lowest BCUT2D eigenvalue weighted by Gasteiger charge is -2.09. The Kier molecular flexibility index (Phi) is 4.97. The summed E-state index contributed by atoms with van der Waals surface area (Å²) in [6, 6.07) is 5.82. The minimum atomic E-state index is -4.63. The van der Waals surface area contributed by atoms with Crippen LogP contribution in [0.15, 0.2) is 30.3 Å². The summed E-state index contributed by atoms with van der Waals surface area (Å²) in [5.41, 5.74) is -1.51. The average molecular weight is 420 g/mol. The normalized spacial score (nSPS) is 12.3. The maximum Gasteiger partial charge on any atom is 0.435 e. The number of halogens is 6. The molecule has 156 valence electrons. The van der Waals surface area contributed by atoms with Crippen molar-refractivity contribution in [1.82, 2.24) is 19.6 Å². The van der Waals surface area contributed by atoms with E-state index in [0.717, 1.165) is 23.9 Å². The monoisotopic (exact) mass is 420 g/mol. The highest BCUT2D eigenvalue weighted by Crippen LogP contribution is 2.35. The van der Waals surface area contributed by atoms with Gasteiger partial charge in [0.05, 0.1) is 0 Å². The Balaban J connectivity index is 1.85. The number of nitrogens with zero attached hydrogens (tertiary/aromatic N) is 4. The number of benzene rings is 1. The van der Waals surface area contributed by atoms with Gasteiger partial charge in [-0.05, 0) is 24.6 Å². The number of aromatic nitrogens is 4. The van der Waals surface area contributed by atoms with Gasteiger partial charge in [0.1, 0.15) is 17.2 Å². The van der Waals surface area contributed by atoms with E-state index in [-0.39, 0.29) is 23.3 Å². The molecular weight excluding hydrogens is 406 g/mol. The fourth-order valence-corrected chi connectivity index (χ4v) is 2.51. The predicted molar refractivity (Wildman–Crippen MR) is 87.7 cm³/mol. The fourth-order valence-electron chi connectivity index (χ4n) is 2.51. The Morgan fingerprint density at radius 2 is 1.38 bits per heavy atom. The molecule has 0 fully saturated rings. The van der Waals surface area contributed by atoms with Crippen molar-refractivity contribution in [2.75, 3.05) is 0 Å². The van der Waals surface area contributed by atoms with Gasteiger partial charge < -0.3 is 9.47 Å². The minimum Gasteiger partial charge on any atom is -0.439 e. The first kappa shape index (κ1) is 20.6. The molecule has 1 aromatic carbocycles. The third kappa shape index (κ3) is 4.63. The summed E-state index contributed by atoms with van der Waals surface area (Å²) in [6.07, 6.45) is -9.23. The van der Waals surface area contributed by atoms with E-state index in [1.54, 1.807) is 6.92 Å². The molecule has 0 bridgehead atoms. The summed E-state index contributed by atoms with van der Waals surface area (Å²) in [5, 5.41) is 7.00. The molecule has 0 aliphatic heterocycles. The minimum absolute atomic E-state index is 0.102. The number of rotatable bonds is 4. The molecular formula is C17H14F6N4O2. The summed E-state index contributed by atoms with van der Waals surface area (Å²) in [7, 11) is 2.41. The van der Waals surface area contributed by atoms with Gasteiger partial charge in [-0.2, -0.15) is 31.4 Å². The summed E-state index contributed by atoms with van der Waals surface area (Å²) in [4.78, 5) is 0. The smallest absolute Gasteiger partial charge is 0.435 e. The van der Waals surface area contributed by atoms with Crippen LogP contribution in [0.4, 0.5) is 26.3 Å². The topological polar surface area (TPSA) is 54.1 Å². The lowest BCUT2D eigenvalue weighted by Crippen LogP contribution is -2.11. The summed E-state index contributed by atoms with van der Waals surface area (Å²) in [6.45, 7) is 1.66. The van der Waals surface area contributed by atoms with Crippen molar-refractivity contribution in [2.24, 2.45) is 14.1 Å². The first-order valence-electron chi connectivity index (χ1n) is 8.03. The molecule has 0 amide bonds. The van der Waals surface area contributed by atoms with Gasteiger partial charge in [0.15, 0.2) is 5.69 Å². The molecule has 0 atom stereocenters. The van der Waals surface area contributed by atoms with Gasteiger partial charge in [-0.15, -0.1) is 5.10 Å². The van der Waals surface area contributed by atoms with E-state index in [4.69, 9.17) is 9.47 Å². The van der Waals surface area contributed by atoms with Crippen LogP contribution in [-0.4, -0.2) is 19.6 Å². The first-order valence-corrected chi connectivity index (χ1v) is 8.03. The molecule has 0 radical (unpaired) electrons. The van der Waals surface area contributed by atoms with E-state index in [9.17, 15) is 26.3 Å². The SMILES string of the molecule is Cc1cc(Oc2cc(C(F)(F)F)n(C)n2)cc(Oc2cc(C(F)(F)F)nn2C)c1. The second kappa shape index (κ2) is 7.01. The third-order valence-electron chi connectivity index (χ3n) is 3.74. The van der Waals surface area contributed by atoms with Gasteiger partial charge in [-0.3, -0.25) is 4.68 Å². The van der Waals surface area contributed by atoms with Crippen LogP contribution >= 0.6 is 0 Å². The van der Waals surface area contributed by atoms with E-state index in [1.807, 2.05) is 0 Å². The molecule has 2 heterocycles. The zero-order valence-corrected chi connectivity index (χ0v) is 15.3. The van der Waals surface area contributed by atoms with Gasteiger partial charge in [0.25, 0.3) is 0 Å². The second-order valence-corrected chi connectivity index (χ2v) is 6.16. The van der Waals surface area contributed by atoms with Crippen molar-refractivity contribution in [2.45, 2.75) is 19.3 Å². The van der Waals surface area contributed by atoms with Crippen LogP contribution in [0.25, 0.3) is 0 Å². The van der Waals surface area contributed by atoms with E-state index in [1.165, 1.54) is 25.2 Å². The lowest BCUT2D eigenvalue weighted by molar-refractivity contribution is -0.143. The highest BCUT2D eigenvalue weighted by atomic mass is 19.4. The Morgan fingerprint density at radius 3 is 1.90 bits per heavy atom. The summed E-state index contributed by atoms with van der Waals surface area (Å²) >= 11 is 0. The van der Waals surface area contributed by atoms with Crippen molar-refractivity contribution in [3.8, 4) is 23.3 Å². The highest BCUT2D eigenvalue weighted by Gasteiger charge is 2.36. The standard InChI is InChI=1S/C17H14F6N4O2/c1-9-4-10(28-14-8-13(17(21,22)23)26(2)25-14)6-11(5-9)29-15-7-12(16(18,19)20)24-27(15)3/h4-8H,1-3H3. The number of alkyl halides is 6.